The molecule has 2 aliphatic heterocycles. The molecule has 1 saturated heterocycles. The average Bonchev–Trinajstić information content (AvgIpc) is 4.32. The van der Waals surface area contributed by atoms with Crippen molar-refractivity contribution in [2.24, 2.45) is 16.1 Å². The molecule has 2 aliphatic rings. The van der Waals surface area contributed by atoms with Gasteiger partial charge in [0.25, 0.3) is 0 Å². The highest BCUT2D eigenvalue weighted by Crippen LogP contribution is 2.43. The number of hydrogen-bond acceptors (Lipinski definition) is 6. The van der Waals surface area contributed by atoms with Crippen molar-refractivity contribution < 1.29 is 4.79 Å². The maximum Gasteiger partial charge on any atom is 0.231 e. The number of amides is 1. The third-order valence-electron chi connectivity index (χ3n) is 20.4. The zero-order valence-electron chi connectivity index (χ0n) is 57.5. The lowest BCUT2D eigenvalue weighted by Crippen LogP contribution is -2.69. The molecule has 0 saturated carbocycles. The second-order valence-corrected chi connectivity index (χ2v) is 27.9. The van der Waals surface area contributed by atoms with Crippen LogP contribution in [0.3, 0.4) is 0 Å². The van der Waals surface area contributed by atoms with Gasteiger partial charge in [0.1, 0.15) is 0 Å². The van der Waals surface area contributed by atoms with E-state index in [1.54, 1.807) is 0 Å². The zero-order valence-corrected chi connectivity index (χ0v) is 57.5. The second-order valence-electron chi connectivity index (χ2n) is 27.9. The molecule has 492 valence electrons. The molecule has 7 nitrogen and oxygen atoms in total. The smallest absolute Gasteiger partial charge is 0.231 e. The molecule has 2 heterocycles. The van der Waals surface area contributed by atoms with Gasteiger partial charge in [-0.25, -0.2) is 4.99 Å². The Morgan fingerprint density at radius 1 is 0.410 bits per heavy atom. The molecule has 3 atom stereocenters. The summed E-state index contributed by atoms with van der Waals surface area (Å²) in [7, 11) is 0. The minimum atomic E-state index is -0.708. The Kier molecular flexibility index (Phi) is 52.6. The number of carbonyl (C=O) groups is 1. The van der Waals surface area contributed by atoms with Crippen LogP contribution in [-0.4, -0.2) is 48.7 Å². The molecule has 1 fully saturated rings. The molecule has 0 spiro atoms. The summed E-state index contributed by atoms with van der Waals surface area (Å²) >= 11 is 0. The Labute approximate surface area is 521 Å². The standard InChI is InChI=1S/C76H152N6O/c1-6-11-15-19-23-27-31-35-38-39-42-46-50-54-58-62-66-75(67-68-77)76(10-5,81-71(80-75)63-59-55-51-47-43-40-36-32-28-24-20-16-12-7-2)82-73(83)74(72-78-69-70-79-72,64-60-56-52-48-44-34-30-26-22-18-14-9-4)65-61-57-53-49-45-41-37-33-29-25-21-17-13-8-3/h72,78-79H,6-70,77H2,1-5H3,(H,80,81)(H,82,83). The van der Waals surface area contributed by atoms with Crippen molar-refractivity contribution >= 4 is 11.7 Å². The first-order chi connectivity index (χ1) is 40.9. The van der Waals surface area contributed by atoms with E-state index in [1.165, 1.54) is 334 Å². The number of aliphatic imine (C=N–C) groups is 1. The summed E-state index contributed by atoms with van der Waals surface area (Å²) in [5, 5.41) is 16.0. The molecule has 7 heteroatoms. The maximum atomic E-state index is 16.1. The summed E-state index contributed by atoms with van der Waals surface area (Å²) < 4.78 is 0. The van der Waals surface area contributed by atoms with Gasteiger partial charge in [-0.2, -0.15) is 0 Å². The van der Waals surface area contributed by atoms with Crippen LogP contribution in [0.4, 0.5) is 0 Å². The Morgan fingerprint density at radius 2 is 0.687 bits per heavy atom. The van der Waals surface area contributed by atoms with Crippen LogP contribution < -0.4 is 27.0 Å². The van der Waals surface area contributed by atoms with Gasteiger partial charge in [0.2, 0.25) is 5.91 Å². The van der Waals surface area contributed by atoms with E-state index >= 15 is 4.79 Å². The lowest BCUT2D eigenvalue weighted by atomic mass is 9.71. The van der Waals surface area contributed by atoms with Crippen LogP contribution in [0.5, 0.6) is 0 Å². The summed E-state index contributed by atoms with van der Waals surface area (Å²) in [6.07, 6.45) is 81.6. The predicted molar refractivity (Wildman–Crippen MR) is 370 cm³/mol. The van der Waals surface area contributed by atoms with E-state index in [0.29, 0.717) is 6.54 Å². The van der Waals surface area contributed by atoms with Crippen LogP contribution in [0.25, 0.3) is 0 Å². The van der Waals surface area contributed by atoms with Crippen molar-refractivity contribution in [3.63, 3.8) is 0 Å². The van der Waals surface area contributed by atoms with Gasteiger partial charge in [-0.15, -0.1) is 0 Å². The van der Waals surface area contributed by atoms with Gasteiger partial charge >= 0.3 is 0 Å². The minimum Gasteiger partial charge on any atom is -0.364 e. The number of nitrogens with two attached hydrogens (primary N) is 1. The van der Waals surface area contributed by atoms with E-state index in [1.807, 2.05) is 0 Å². The van der Waals surface area contributed by atoms with Crippen molar-refractivity contribution in [3.05, 3.63) is 0 Å². The first kappa shape index (κ1) is 77.9. The van der Waals surface area contributed by atoms with Crippen molar-refractivity contribution in [1.82, 2.24) is 21.3 Å². The molecule has 2 rings (SSSR count). The molecule has 0 aromatic rings. The van der Waals surface area contributed by atoms with Crippen molar-refractivity contribution in [2.45, 2.75) is 450 Å². The quantitative estimate of drug-likeness (QED) is 0.0391. The average molecular weight is 1170 g/mol. The summed E-state index contributed by atoms with van der Waals surface area (Å²) in [5.74, 6) is 1.38. The Morgan fingerprint density at radius 3 is 0.976 bits per heavy atom. The molecule has 0 aliphatic carbocycles. The fraction of sp³-hybridized carbons (Fsp3) is 0.974. The van der Waals surface area contributed by atoms with Crippen LogP contribution in [0, 0.1) is 5.41 Å². The summed E-state index contributed by atoms with van der Waals surface area (Å²) in [6.45, 7) is 14.0. The fourth-order valence-electron chi connectivity index (χ4n) is 14.8. The van der Waals surface area contributed by atoms with E-state index < -0.39 is 11.1 Å². The van der Waals surface area contributed by atoms with E-state index in [4.69, 9.17) is 10.7 Å². The molecule has 0 radical (unpaired) electrons. The SMILES string of the molecule is CCCCCCCCCCCCCCCCCCC1(CCN)NC(CCCCCCCCCCCCCCCC)=NC1(CC)NC(=O)C(CCCCCCCCCCCCCC)(CCCCCCCCCCCCCCCC)C1NCCN1. The van der Waals surface area contributed by atoms with Crippen LogP contribution in [-0.2, 0) is 4.79 Å². The highest BCUT2D eigenvalue weighted by atomic mass is 16.2. The zero-order chi connectivity index (χ0) is 59.7. The molecular formula is C76H152N6O. The van der Waals surface area contributed by atoms with Gasteiger partial charge in [-0.3, -0.25) is 15.4 Å². The molecule has 1 amide bonds. The first-order valence-electron chi connectivity index (χ1n) is 38.8. The lowest BCUT2D eigenvalue weighted by Gasteiger charge is -2.47. The highest BCUT2D eigenvalue weighted by molar-refractivity contribution is 5.89. The largest absolute Gasteiger partial charge is 0.364 e. The lowest BCUT2D eigenvalue weighted by molar-refractivity contribution is -0.137. The molecule has 0 aromatic carbocycles. The monoisotopic (exact) mass is 1170 g/mol. The van der Waals surface area contributed by atoms with Gasteiger partial charge in [-0.05, 0) is 45.1 Å². The van der Waals surface area contributed by atoms with E-state index in [0.717, 1.165) is 83.1 Å². The van der Waals surface area contributed by atoms with E-state index in [9.17, 15) is 0 Å². The first-order valence-corrected chi connectivity index (χ1v) is 38.8. The fourth-order valence-corrected chi connectivity index (χ4v) is 14.8. The van der Waals surface area contributed by atoms with Gasteiger partial charge in [0, 0.05) is 19.5 Å². The number of nitrogens with zero attached hydrogens (tertiary/aromatic N) is 1. The van der Waals surface area contributed by atoms with Crippen molar-refractivity contribution in [1.29, 1.82) is 0 Å². The number of carbonyl (C=O) groups excluding carboxylic acids is 1. The van der Waals surface area contributed by atoms with Gasteiger partial charge in [0.15, 0.2) is 5.66 Å². The number of hydrogen-bond donors (Lipinski definition) is 5. The third kappa shape index (κ3) is 37.4. The molecule has 0 aromatic heterocycles. The Balaban J connectivity index is 2.21. The van der Waals surface area contributed by atoms with E-state index in [-0.39, 0.29) is 17.6 Å². The third-order valence-corrected chi connectivity index (χ3v) is 20.4. The molecule has 3 unspecified atom stereocenters. The highest BCUT2D eigenvalue weighted by Gasteiger charge is 2.57. The maximum absolute atomic E-state index is 16.1. The molecule has 83 heavy (non-hydrogen) atoms. The number of unbranched alkanes of at least 4 members (excludes halogenated alkanes) is 52. The molecule has 0 bridgehead atoms. The number of amidine groups is 1. The van der Waals surface area contributed by atoms with Crippen molar-refractivity contribution in [2.75, 3.05) is 19.6 Å². The Hall–Kier alpha value is -1.18. The van der Waals surface area contributed by atoms with Gasteiger partial charge in [0.05, 0.1) is 23.0 Å². The van der Waals surface area contributed by atoms with Crippen LogP contribution in [0.1, 0.15) is 433 Å². The van der Waals surface area contributed by atoms with Crippen LogP contribution in [0.15, 0.2) is 4.99 Å². The minimum absolute atomic E-state index is 0.0105. The van der Waals surface area contributed by atoms with Gasteiger partial charge in [-0.1, -0.05) is 388 Å². The molecular weight excluding hydrogens is 1010 g/mol. The molecule has 6 N–H and O–H groups in total. The van der Waals surface area contributed by atoms with E-state index in [2.05, 4.69) is 55.9 Å². The number of rotatable bonds is 66. The summed E-state index contributed by atoms with van der Waals surface area (Å²) in [5.41, 5.74) is 5.12. The Bertz CT molecular complexity index is 1420. The summed E-state index contributed by atoms with van der Waals surface area (Å²) in [6, 6.07) is 0. The van der Waals surface area contributed by atoms with Gasteiger partial charge < -0.3 is 16.4 Å². The second kappa shape index (κ2) is 56.1. The predicted octanol–water partition coefficient (Wildman–Crippen LogP) is 23.3. The van der Waals surface area contributed by atoms with Crippen molar-refractivity contribution in [3.8, 4) is 0 Å². The number of nitrogens with one attached hydrogen (secondary N) is 4. The topological polar surface area (TPSA) is 104 Å². The summed E-state index contributed by atoms with van der Waals surface area (Å²) in [4.78, 5) is 21.9. The normalized spacial score (nSPS) is 18.1. The van der Waals surface area contributed by atoms with Crippen LogP contribution in [0.2, 0.25) is 0 Å². The van der Waals surface area contributed by atoms with Crippen LogP contribution >= 0.6 is 0 Å².